The molecule has 0 atom stereocenters. The van der Waals surface area contributed by atoms with E-state index < -0.39 is 5.97 Å². The van der Waals surface area contributed by atoms with Gasteiger partial charge in [-0.2, -0.15) is 0 Å². The van der Waals surface area contributed by atoms with E-state index >= 15 is 0 Å². The number of nitrogens with zero attached hydrogens (tertiary/aromatic N) is 1. The predicted molar refractivity (Wildman–Crippen MR) is 86.8 cm³/mol. The number of aliphatic carboxylic acids is 1. The fraction of sp³-hybridized carbons (Fsp3) is 0.400. The van der Waals surface area contributed by atoms with Gasteiger partial charge < -0.3 is 14.3 Å². The van der Waals surface area contributed by atoms with Crippen LogP contribution in [0.5, 0.6) is 0 Å². The van der Waals surface area contributed by atoms with E-state index in [-0.39, 0.29) is 12.3 Å². The van der Waals surface area contributed by atoms with Crippen molar-refractivity contribution in [2.75, 3.05) is 6.54 Å². The van der Waals surface area contributed by atoms with Crippen LogP contribution in [-0.2, 0) is 9.59 Å². The second-order valence-electron chi connectivity index (χ2n) is 4.96. The van der Waals surface area contributed by atoms with Crippen LogP contribution in [0.2, 0.25) is 0 Å². The predicted octanol–water partition coefficient (Wildman–Crippen LogP) is 2.10. The van der Waals surface area contributed by atoms with Crippen LogP contribution in [-0.4, -0.2) is 27.6 Å². The lowest BCUT2D eigenvalue weighted by atomic mass is 10.2. The molecule has 0 bridgehead atoms. The van der Waals surface area contributed by atoms with Crippen LogP contribution in [0.1, 0.15) is 37.2 Å². The number of hydrogen-bond acceptors (Lipinski definition) is 6. The van der Waals surface area contributed by atoms with E-state index in [2.05, 4.69) is 0 Å². The number of aryl methyl sites for hydroxylation is 1. The van der Waals surface area contributed by atoms with Gasteiger partial charge in [-0.15, -0.1) is 0 Å². The SMILES string of the molecule is Cc1ccc(/C=C2/SC(=S)N(CCCCCC(=O)[O-])C2=O)o1. The van der Waals surface area contributed by atoms with E-state index in [0.29, 0.717) is 34.4 Å². The fourth-order valence-electron chi connectivity index (χ4n) is 2.07. The van der Waals surface area contributed by atoms with E-state index in [9.17, 15) is 14.7 Å². The second kappa shape index (κ2) is 7.60. The Bertz CT molecular complexity index is 621. The summed E-state index contributed by atoms with van der Waals surface area (Å²) < 4.78 is 5.96. The van der Waals surface area contributed by atoms with Crippen molar-refractivity contribution in [3.05, 3.63) is 28.6 Å². The van der Waals surface area contributed by atoms with Crippen LogP contribution in [0, 0.1) is 6.92 Å². The van der Waals surface area contributed by atoms with Gasteiger partial charge in [-0.3, -0.25) is 9.69 Å². The molecule has 0 spiro atoms. The van der Waals surface area contributed by atoms with Crippen LogP contribution in [0.15, 0.2) is 21.5 Å². The molecule has 7 heteroatoms. The van der Waals surface area contributed by atoms with Gasteiger partial charge in [0.05, 0.1) is 4.91 Å². The summed E-state index contributed by atoms with van der Waals surface area (Å²) in [6.07, 6.45) is 3.74. The van der Waals surface area contributed by atoms with Gasteiger partial charge in [0.1, 0.15) is 15.8 Å². The van der Waals surface area contributed by atoms with Crippen molar-refractivity contribution in [1.29, 1.82) is 0 Å². The average molecular weight is 338 g/mol. The van der Waals surface area contributed by atoms with E-state index in [0.717, 1.165) is 12.2 Å². The van der Waals surface area contributed by atoms with Gasteiger partial charge in [-0.05, 0) is 38.3 Å². The second-order valence-corrected chi connectivity index (χ2v) is 6.64. The molecule has 1 saturated heterocycles. The van der Waals surface area contributed by atoms with Crippen molar-refractivity contribution in [3.8, 4) is 0 Å². The lowest BCUT2D eigenvalue weighted by Gasteiger charge is -2.14. The van der Waals surface area contributed by atoms with Crippen LogP contribution in [0.4, 0.5) is 0 Å². The molecule has 0 N–H and O–H groups in total. The number of carbonyl (C=O) groups excluding carboxylic acids is 2. The zero-order valence-corrected chi connectivity index (χ0v) is 13.8. The highest BCUT2D eigenvalue weighted by atomic mass is 32.2. The number of carboxylic acids is 1. The molecule has 0 aromatic carbocycles. The Morgan fingerprint density at radius 3 is 2.82 bits per heavy atom. The minimum atomic E-state index is -1.04. The molecule has 118 valence electrons. The maximum Gasteiger partial charge on any atom is 0.266 e. The summed E-state index contributed by atoms with van der Waals surface area (Å²) in [6.45, 7) is 2.35. The largest absolute Gasteiger partial charge is 0.550 e. The number of unbranched alkanes of at least 4 members (excludes halogenated alkanes) is 2. The summed E-state index contributed by atoms with van der Waals surface area (Å²) in [6, 6.07) is 3.64. The summed E-state index contributed by atoms with van der Waals surface area (Å²) in [5, 5.41) is 10.3. The highest BCUT2D eigenvalue weighted by molar-refractivity contribution is 8.26. The summed E-state index contributed by atoms with van der Waals surface area (Å²) in [7, 11) is 0. The first kappa shape index (κ1) is 16.8. The average Bonchev–Trinajstić information content (AvgIpc) is 2.96. The van der Waals surface area contributed by atoms with Crippen molar-refractivity contribution in [1.82, 2.24) is 4.90 Å². The Balaban J connectivity index is 1.89. The summed E-state index contributed by atoms with van der Waals surface area (Å²) in [5.41, 5.74) is 0. The minimum absolute atomic E-state index is 0.0517. The number of rotatable bonds is 7. The molecule has 2 rings (SSSR count). The Kier molecular flexibility index (Phi) is 5.79. The summed E-state index contributed by atoms with van der Waals surface area (Å²) >= 11 is 6.49. The number of carbonyl (C=O) groups is 2. The van der Waals surface area contributed by atoms with Crippen LogP contribution in [0.25, 0.3) is 6.08 Å². The van der Waals surface area contributed by atoms with Gasteiger partial charge in [-0.1, -0.05) is 30.4 Å². The molecule has 1 aliphatic heterocycles. The molecule has 1 aliphatic rings. The number of hydrogen-bond donors (Lipinski definition) is 0. The van der Waals surface area contributed by atoms with E-state index in [1.54, 1.807) is 11.0 Å². The van der Waals surface area contributed by atoms with Crippen molar-refractivity contribution in [2.24, 2.45) is 0 Å². The van der Waals surface area contributed by atoms with Gasteiger partial charge in [0, 0.05) is 18.6 Å². The van der Waals surface area contributed by atoms with E-state index in [4.69, 9.17) is 16.6 Å². The maximum atomic E-state index is 12.3. The Morgan fingerprint density at radius 1 is 1.41 bits per heavy atom. The van der Waals surface area contributed by atoms with Crippen molar-refractivity contribution in [2.45, 2.75) is 32.6 Å². The number of furan rings is 1. The highest BCUT2D eigenvalue weighted by Gasteiger charge is 2.31. The fourth-order valence-corrected chi connectivity index (χ4v) is 3.36. The lowest BCUT2D eigenvalue weighted by Crippen LogP contribution is -2.29. The van der Waals surface area contributed by atoms with Gasteiger partial charge in [-0.25, -0.2) is 0 Å². The number of amides is 1. The molecule has 0 saturated carbocycles. The standard InChI is InChI=1S/C15H17NO4S2/c1-10-6-7-11(20-10)9-12-14(19)16(15(21)22-12)8-4-2-3-5-13(17)18/h6-7,9H,2-5,8H2,1H3,(H,17,18)/p-1/b12-9+. The number of thiocarbonyl (C=S) groups is 1. The van der Waals surface area contributed by atoms with Crippen molar-refractivity contribution < 1.29 is 19.1 Å². The molecule has 0 radical (unpaired) electrons. The molecule has 1 aromatic rings. The lowest BCUT2D eigenvalue weighted by molar-refractivity contribution is -0.305. The summed E-state index contributed by atoms with van der Waals surface area (Å²) in [5.74, 6) is 0.257. The molecule has 1 aromatic heterocycles. The third kappa shape index (κ3) is 4.45. The zero-order valence-electron chi connectivity index (χ0n) is 12.2. The smallest absolute Gasteiger partial charge is 0.266 e. The summed E-state index contributed by atoms with van der Waals surface area (Å²) in [4.78, 5) is 24.7. The van der Waals surface area contributed by atoms with Gasteiger partial charge in [0.25, 0.3) is 5.91 Å². The number of thioether (sulfide) groups is 1. The number of carboxylic acid groups (broad SMARTS) is 1. The normalized spacial score (nSPS) is 16.8. The third-order valence-electron chi connectivity index (χ3n) is 3.17. The van der Waals surface area contributed by atoms with Gasteiger partial charge in [0.15, 0.2) is 0 Å². The zero-order chi connectivity index (χ0) is 16.1. The third-order valence-corrected chi connectivity index (χ3v) is 4.55. The first-order valence-electron chi connectivity index (χ1n) is 6.99. The monoisotopic (exact) mass is 338 g/mol. The highest BCUT2D eigenvalue weighted by Crippen LogP contribution is 2.33. The molecule has 0 unspecified atom stereocenters. The molecular weight excluding hydrogens is 322 g/mol. The molecule has 1 amide bonds. The van der Waals surface area contributed by atoms with E-state index in [1.165, 1.54) is 11.8 Å². The Labute approximate surface area is 138 Å². The van der Waals surface area contributed by atoms with Gasteiger partial charge in [0.2, 0.25) is 0 Å². The maximum absolute atomic E-state index is 12.3. The van der Waals surface area contributed by atoms with E-state index in [1.807, 2.05) is 19.1 Å². The minimum Gasteiger partial charge on any atom is -0.550 e. The molecule has 5 nitrogen and oxygen atoms in total. The first-order chi connectivity index (χ1) is 10.5. The Hall–Kier alpha value is -1.60. The first-order valence-corrected chi connectivity index (χ1v) is 8.21. The topological polar surface area (TPSA) is 73.6 Å². The molecule has 0 aliphatic carbocycles. The van der Waals surface area contributed by atoms with Crippen LogP contribution >= 0.6 is 24.0 Å². The Morgan fingerprint density at radius 2 is 2.18 bits per heavy atom. The van der Waals surface area contributed by atoms with Crippen LogP contribution < -0.4 is 5.11 Å². The van der Waals surface area contributed by atoms with Crippen molar-refractivity contribution >= 4 is 46.3 Å². The van der Waals surface area contributed by atoms with Crippen molar-refractivity contribution in [3.63, 3.8) is 0 Å². The van der Waals surface area contributed by atoms with Crippen LogP contribution in [0.3, 0.4) is 0 Å². The molecule has 2 heterocycles. The molecule has 22 heavy (non-hydrogen) atoms. The molecular formula is C15H16NO4S2-. The molecule has 1 fully saturated rings. The van der Waals surface area contributed by atoms with Gasteiger partial charge >= 0.3 is 0 Å². The quantitative estimate of drug-likeness (QED) is 0.431.